The van der Waals surface area contributed by atoms with Crippen LogP contribution in [0.5, 0.6) is 0 Å². The van der Waals surface area contributed by atoms with Gasteiger partial charge in [0.2, 0.25) is 0 Å². The highest BCUT2D eigenvalue weighted by molar-refractivity contribution is 5.81. The summed E-state index contributed by atoms with van der Waals surface area (Å²) < 4.78 is 0. The third kappa shape index (κ3) is 9.60. The Labute approximate surface area is 85.1 Å². The molecule has 0 aromatic carbocycles. The van der Waals surface area contributed by atoms with Gasteiger partial charge in [-0.3, -0.25) is 4.79 Å². The normalized spacial score (nSPS) is 10.4. The van der Waals surface area contributed by atoms with Crippen LogP contribution >= 0.6 is 0 Å². The van der Waals surface area contributed by atoms with E-state index in [4.69, 9.17) is 10.8 Å². The average molecular weight is 203 g/mol. The minimum absolute atomic E-state index is 0.166. The topological polar surface area (TPSA) is 87.4 Å². The van der Waals surface area contributed by atoms with Gasteiger partial charge in [-0.05, 0) is 39.0 Å². The highest BCUT2D eigenvalue weighted by atomic mass is 16.3. The molecule has 14 heavy (non-hydrogen) atoms. The Morgan fingerprint density at radius 3 is 2.43 bits per heavy atom. The standard InChI is InChI=1S/C9H21N3O2/c10-3-1-4-11-5-2-6-12-7-9(14)8-13/h11-13H,1-8,10H2. The predicted molar refractivity (Wildman–Crippen MR) is 56.1 cm³/mol. The van der Waals surface area contributed by atoms with Gasteiger partial charge in [0, 0.05) is 0 Å². The molecule has 0 aromatic heterocycles. The van der Waals surface area contributed by atoms with Gasteiger partial charge in [0.15, 0.2) is 5.78 Å². The second-order valence-corrected chi connectivity index (χ2v) is 3.12. The molecule has 0 fully saturated rings. The van der Waals surface area contributed by atoms with E-state index in [9.17, 15) is 4.79 Å². The molecule has 0 aromatic rings. The van der Waals surface area contributed by atoms with Crippen LogP contribution in [0.15, 0.2) is 0 Å². The smallest absolute Gasteiger partial charge is 0.171 e. The molecule has 0 radical (unpaired) electrons. The summed E-state index contributed by atoms with van der Waals surface area (Å²) in [5.41, 5.74) is 5.33. The van der Waals surface area contributed by atoms with Crippen LogP contribution in [0.3, 0.4) is 0 Å². The fourth-order valence-electron chi connectivity index (χ4n) is 0.974. The molecule has 5 N–H and O–H groups in total. The second kappa shape index (κ2) is 10.6. The Bertz CT molecular complexity index is 142. The van der Waals surface area contributed by atoms with Gasteiger partial charge in [-0.1, -0.05) is 0 Å². The Kier molecular flexibility index (Phi) is 10.2. The van der Waals surface area contributed by atoms with Crippen LogP contribution in [0.1, 0.15) is 12.8 Å². The average Bonchev–Trinajstić information content (AvgIpc) is 2.21. The number of aliphatic hydroxyl groups is 1. The fourth-order valence-corrected chi connectivity index (χ4v) is 0.974. The fraction of sp³-hybridized carbons (Fsp3) is 0.889. The molecule has 0 aliphatic heterocycles. The summed E-state index contributed by atoms with van der Waals surface area (Å²) in [6.07, 6.45) is 1.97. The summed E-state index contributed by atoms with van der Waals surface area (Å²) in [5.74, 6) is -0.166. The first kappa shape index (κ1) is 13.5. The van der Waals surface area contributed by atoms with Gasteiger partial charge in [-0.2, -0.15) is 0 Å². The quantitative estimate of drug-likeness (QED) is 0.323. The predicted octanol–water partition coefficient (Wildman–Crippen LogP) is -1.53. The lowest BCUT2D eigenvalue weighted by atomic mass is 10.3. The van der Waals surface area contributed by atoms with Gasteiger partial charge >= 0.3 is 0 Å². The number of aliphatic hydroxyl groups excluding tert-OH is 1. The number of hydrogen-bond donors (Lipinski definition) is 4. The number of nitrogens with one attached hydrogen (secondary N) is 2. The van der Waals surface area contributed by atoms with E-state index < -0.39 is 0 Å². The highest BCUT2D eigenvalue weighted by Crippen LogP contribution is 1.76. The third-order valence-corrected chi connectivity index (χ3v) is 1.76. The molecule has 0 aliphatic carbocycles. The van der Waals surface area contributed by atoms with Gasteiger partial charge in [0.1, 0.15) is 6.61 Å². The zero-order valence-electron chi connectivity index (χ0n) is 8.59. The first-order chi connectivity index (χ1) is 6.81. The van der Waals surface area contributed by atoms with Crippen molar-refractivity contribution >= 4 is 5.78 Å². The van der Waals surface area contributed by atoms with Crippen molar-refractivity contribution in [3.63, 3.8) is 0 Å². The molecular formula is C9H21N3O2. The van der Waals surface area contributed by atoms with Crippen molar-refractivity contribution in [3.05, 3.63) is 0 Å². The summed E-state index contributed by atoms with van der Waals surface area (Å²) in [6.45, 7) is 3.28. The zero-order valence-corrected chi connectivity index (χ0v) is 8.59. The van der Waals surface area contributed by atoms with E-state index in [2.05, 4.69) is 10.6 Å². The first-order valence-corrected chi connectivity index (χ1v) is 5.05. The molecule has 0 heterocycles. The number of nitrogens with two attached hydrogens (primary N) is 1. The van der Waals surface area contributed by atoms with E-state index in [0.29, 0.717) is 0 Å². The van der Waals surface area contributed by atoms with Gasteiger partial charge in [-0.25, -0.2) is 0 Å². The highest BCUT2D eigenvalue weighted by Gasteiger charge is 1.96. The van der Waals surface area contributed by atoms with Crippen LogP contribution in [-0.4, -0.2) is 50.2 Å². The number of ketones is 1. The van der Waals surface area contributed by atoms with Gasteiger partial charge in [0.05, 0.1) is 6.54 Å². The van der Waals surface area contributed by atoms with E-state index in [-0.39, 0.29) is 18.9 Å². The molecule has 5 nitrogen and oxygen atoms in total. The van der Waals surface area contributed by atoms with E-state index in [1.54, 1.807) is 0 Å². The van der Waals surface area contributed by atoms with Crippen LogP contribution in [0, 0.1) is 0 Å². The third-order valence-electron chi connectivity index (χ3n) is 1.76. The van der Waals surface area contributed by atoms with Crippen molar-refractivity contribution in [2.75, 3.05) is 39.3 Å². The lowest BCUT2D eigenvalue weighted by Crippen LogP contribution is -2.28. The van der Waals surface area contributed by atoms with Gasteiger partial charge < -0.3 is 21.5 Å². The van der Waals surface area contributed by atoms with Crippen LogP contribution in [-0.2, 0) is 4.79 Å². The van der Waals surface area contributed by atoms with Crippen molar-refractivity contribution in [1.82, 2.24) is 10.6 Å². The SMILES string of the molecule is NCCCNCCCNCC(=O)CO. The van der Waals surface area contributed by atoms with Crippen LogP contribution in [0.2, 0.25) is 0 Å². The first-order valence-electron chi connectivity index (χ1n) is 5.05. The Balaban J connectivity index is 2.95. The number of carbonyl (C=O) groups is 1. The summed E-state index contributed by atoms with van der Waals surface area (Å²) in [7, 11) is 0. The maximum Gasteiger partial charge on any atom is 0.171 e. The molecule has 0 saturated heterocycles. The molecule has 0 bridgehead atoms. The van der Waals surface area contributed by atoms with Gasteiger partial charge in [-0.15, -0.1) is 0 Å². The summed E-state index contributed by atoms with van der Waals surface area (Å²) in [5, 5.41) is 14.6. The summed E-state index contributed by atoms with van der Waals surface area (Å²) in [6, 6.07) is 0. The minimum atomic E-state index is -0.373. The number of rotatable bonds is 10. The largest absolute Gasteiger partial charge is 0.389 e. The molecule has 0 saturated carbocycles. The molecule has 84 valence electrons. The van der Waals surface area contributed by atoms with E-state index >= 15 is 0 Å². The molecule has 0 atom stereocenters. The van der Waals surface area contributed by atoms with Crippen molar-refractivity contribution in [1.29, 1.82) is 0 Å². The maximum absolute atomic E-state index is 10.6. The van der Waals surface area contributed by atoms with Crippen molar-refractivity contribution in [3.8, 4) is 0 Å². The van der Waals surface area contributed by atoms with Crippen molar-refractivity contribution < 1.29 is 9.90 Å². The molecule has 0 spiro atoms. The Morgan fingerprint density at radius 2 is 1.79 bits per heavy atom. The molecule has 0 amide bonds. The number of hydrogen-bond acceptors (Lipinski definition) is 5. The van der Waals surface area contributed by atoms with E-state index in [1.165, 1.54) is 0 Å². The number of Topliss-reactive ketones (excluding diaryl/α,β-unsaturated/α-hetero) is 1. The zero-order chi connectivity index (χ0) is 10.6. The molecule has 0 aliphatic rings. The van der Waals surface area contributed by atoms with E-state index in [1.807, 2.05) is 0 Å². The molecule has 0 unspecified atom stereocenters. The van der Waals surface area contributed by atoms with Gasteiger partial charge in [0.25, 0.3) is 0 Å². The molecule has 0 rings (SSSR count). The maximum atomic E-state index is 10.6. The second-order valence-electron chi connectivity index (χ2n) is 3.12. The van der Waals surface area contributed by atoms with E-state index in [0.717, 1.165) is 39.0 Å². The Morgan fingerprint density at radius 1 is 1.14 bits per heavy atom. The summed E-state index contributed by atoms with van der Waals surface area (Å²) >= 11 is 0. The van der Waals surface area contributed by atoms with Crippen LogP contribution < -0.4 is 16.4 Å². The lowest BCUT2D eigenvalue weighted by Gasteiger charge is -2.04. The molecule has 5 heteroatoms. The monoisotopic (exact) mass is 203 g/mol. The van der Waals surface area contributed by atoms with Crippen LogP contribution in [0.4, 0.5) is 0 Å². The summed E-state index contributed by atoms with van der Waals surface area (Å²) in [4.78, 5) is 10.6. The lowest BCUT2D eigenvalue weighted by molar-refractivity contribution is -0.120. The minimum Gasteiger partial charge on any atom is -0.389 e. The Hall–Kier alpha value is -0.490. The van der Waals surface area contributed by atoms with Crippen molar-refractivity contribution in [2.45, 2.75) is 12.8 Å². The van der Waals surface area contributed by atoms with Crippen molar-refractivity contribution in [2.24, 2.45) is 5.73 Å². The number of carbonyl (C=O) groups excluding carboxylic acids is 1. The molecular weight excluding hydrogens is 182 g/mol. The van der Waals surface area contributed by atoms with Crippen LogP contribution in [0.25, 0.3) is 0 Å².